The van der Waals surface area contributed by atoms with E-state index in [1.165, 1.54) is 0 Å². The Morgan fingerprint density at radius 1 is 1.27 bits per heavy atom. The lowest BCUT2D eigenvalue weighted by Gasteiger charge is -2.47. The van der Waals surface area contributed by atoms with Crippen LogP contribution in [-0.4, -0.2) is 70.5 Å². The number of H-pyrrole nitrogens is 1. The molecule has 4 heterocycles. The zero-order chi connectivity index (χ0) is 15.2. The fourth-order valence-electron chi connectivity index (χ4n) is 3.43. The number of anilines is 2. The van der Waals surface area contributed by atoms with Crippen LogP contribution in [0.2, 0.25) is 0 Å². The van der Waals surface area contributed by atoms with Crippen molar-refractivity contribution in [3.05, 3.63) is 6.20 Å². The summed E-state index contributed by atoms with van der Waals surface area (Å²) in [4.78, 5) is 13.3. The summed E-state index contributed by atoms with van der Waals surface area (Å²) >= 11 is 0. The first kappa shape index (κ1) is 13.7. The fourth-order valence-corrected chi connectivity index (χ4v) is 3.43. The third-order valence-electron chi connectivity index (χ3n) is 4.75. The van der Waals surface area contributed by atoms with Gasteiger partial charge in [-0.3, -0.25) is 5.10 Å². The minimum atomic E-state index is -0.0689. The number of fused-ring (bicyclic) bond motifs is 1. The maximum atomic E-state index is 6.16. The van der Waals surface area contributed by atoms with Gasteiger partial charge in [0.25, 0.3) is 0 Å². The monoisotopic (exact) mass is 303 g/mol. The highest BCUT2D eigenvalue weighted by Crippen LogP contribution is 2.33. The van der Waals surface area contributed by atoms with E-state index in [9.17, 15) is 0 Å². The summed E-state index contributed by atoms with van der Waals surface area (Å²) in [7, 11) is 2.16. The molecular formula is C14H21N7O. The smallest absolute Gasteiger partial charge is 0.224 e. The van der Waals surface area contributed by atoms with Gasteiger partial charge in [-0.25, -0.2) is 0 Å². The number of morpholine rings is 1. The molecule has 0 unspecified atom stereocenters. The SMILES string of the molecule is CN1CCC2(CC1)CN(c1nc(N)nc3[nH]ncc13)CCO2. The maximum absolute atomic E-state index is 6.16. The highest BCUT2D eigenvalue weighted by Gasteiger charge is 2.39. The Labute approximate surface area is 128 Å². The highest BCUT2D eigenvalue weighted by molar-refractivity contribution is 5.87. The minimum Gasteiger partial charge on any atom is -0.371 e. The van der Waals surface area contributed by atoms with E-state index in [4.69, 9.17) is 10.5 Å². The molecule has 1 spiro atoms. The average molecular weight is 303 g/mol. The molecule has 0 radical (unpaired) electrons. The van der Waals surface area contributed by atoms with E-state index in [1.54, 1.807) is 6.20 Å². The Bertz CT molecular complexity index is 677. The van der Waals surface area contributed by atoms with Crippen molar-refractivity contribution < 1.29 is 4.74 Å². The molecular weight excluding hydrogens is 282 g/mol. The largest absolute Gasteiger partial charge is 0.371 e. The van der Waals surface area contributed by atoms with Crippen molar-refractivity contribution in [2.24, 2.45) is 0 Å². The van der Waals surface area contributed by atoms with E-state index < -0.39 is 0 Å². The van der Waals surface area contributed by atoms with Crippen molar-refractivity contribution in [1.29, 1.82) is 0 Å². The number of nitrogens with two attached hydrogens (primary N) is 1. The van der Waals surface area contributed by atoms with E-state index in [2.05, 4.69) is 37.0 Å². The van der Waals surface area contributed by atoms with Gasteiger partial charge in [0.2, 0.25) is 5.95 Å². The summed E-state index contributed by atoms with van der Waals surface area (Å²) in [6.07, 6.45) is 3.87. The van der Waals surface area contributed by atoms with E-state index in [-0.39, 0.29) is 11.5 Å². The van der Waals surface area contributed by atoms with Crippen LogP contribution in [0.1, 0.15) is 12.8 Å². The molecule has 2 saturated heterocycles. The average Bonchev–Trinajstić information content (AvgIpc) is 2.98. The second kappa shape index (κ2) is 5.06. The quantitative estimate of drug-likeness (QED) is 0.778. The van der Waals surface area contributed by atoms with Crippen molar-refractivity contribution in [2.75, 3.05) is 50.5 Å². The normalized spacial score (nSPS) is 22.5. The predicted molar refractivity (Wildman–Crippen MR) is 83.7 cm³/mol. The number of nitrogens with one attached hydrogen (secondary N) is 1. The lowest BCUT2D eigenvalue weighted by Crippen LogP contribution is -2.56. The van der Waals surface area contributed by atoms with E-state index in [1.807, 2.05) is 0 Å². The number of aromatic amines is 1. The van der Waals surface area contributed by atoms with Gasteiger partial charge >= 0.3 is 0 Å². The molecule has 0 amide bonds. The van der Waals surface area contributed by atoms with Crippen LogP contribution in [0.15, 0.2) is 6.20 Å². The molecule has 0 bridgehead atoms. The zero-order valence-corrected chi connectivity index (χ0v) is 12.7. The number of likely N-dealkylation sites (tertiary alicyclic amines) is 1. The molecule has 0 saturated carbocycles. The van der Waals surface area contributed by atoms with Gasteiger partial charge in [0.15, 0.2) is 5.65 Å². The number of ether oxygens (including phenoxy) is 1. The Balaban J connectivity index is 1.65. The summed E-state index contributed by atoms with van der Waals surface area (Å²) in [6, 6.07) is 0. The molecule has 2 aromatic heterocycles. The molecule has 8 nitrogen and oxygen atoms in total. The summed E-state index contributed by atoms with van der Waals surface area (Å²) in [6.45, 7) is 4.51. The second-order valence-electron chi connectivity index (χ2n) is 6.29. The van der Waals surface area contributed by atoms with Crippen LogP contribution in [0.25, 0.3) is 11.0 Å². The topological polar surface area (TPSA) is 96.2 Å². The Morgan fingerprint density at radius 3 is 2.91 bits per heavy atom. The summed E-state index contributed by atoms with van der Waals surface area (Å²) in [5, 5.41) is 7.85. The molecule has 0 aliphatic carbocycles. The number of hydrogen-bond acceptors (Lipinski definition) is 7. The van der Waals surface area contributed by atoms with Crippen LogP contribution in [0.5, 0.6) is 0 Å². The molecule has 0 atom stereocenters. The predicted octanol–water partition coefficient (Wildman–Crippen LogP) is 0.236. The van der Waals surface area contributed by atoms with Crippen LogP contribution in [0, 0.1) is 0 Å². The van der Waals surface area contributed by atoms with Crippen molar-refractivity contribution in [2.45, 2.75) is 18.4 Å². The van der Waals surface area contributed by atoms with Crippen LogP contribution >= 0.6 is 0 Å². The Morgan fingerprint density at radius 2 is 2.09 bits per heavy atom. The van der Waals surface area contributed by atoms with Crippen LogP contribution in [0.3, 0.4) is 0 Å². The Kier molecular flexibility index (Phi) is 3.16. The van der Waals surface area contributed by atoms with Gasteiger partial charge in [-0.2, -0.15) is 15.1 Å². The molecule has 2 fully saturated rings. The molecule has 2 aliphatic rings. The minimum absolute atomic E-state index is 0.0689. The first-order valence-corrected chi connectivity index (χ1v) is 7.69. The molecule has 4 rings (SSSR count). The summed E-state index contributed by atoms with van der Waals surface area (Å²) < 4.78 is 6.16. The number of hydrogen-bond donors (Lipinski definition) is 2. The highest BCUT2D eigenvalue weighted by atomic mass is 16.5. The van der Waals surface area contributed by atoms with Crippen molar-refractivity contribution in [1.82, 2.24) is 25.1 Å². The van der Waals surface area contributed by atoms with Crippen molar-refractivity contribution in [3.8, 4) is 0 Å². The molecule has 2 aromatic rings. The van der Waals surface area contributed by atoms with Gasteiger partial charge in [-0.1, -0.05) is 0 Å². The van der Waals surface area contributed by atoms with E-state index in [0.717, 1.165) is 50.2 Å². The zero-order valence-electron chi connectivity index (χ0n) is 12.7. The molecule has 3 N–H and O–H groups in total. The molecule has 2 aliphatic heterocycles. The lowest BCUT2D eigenvalue weighted by molar-refractivity contribution is -0.0884. The third-order valence-corrected chi connectivity index (χ3v) is 4.75. The van der Waals surface area contributed by atoms with Crippen LogP contribution < -0.4 is 10.6 Å². The number of rotatable bonds is 1. The van der Waals surface area contributed by atoms with Gasteiger partial charge < -0.3 is 20.3 Å². The van der Waals surface area contributed by atoms with E-state index in [0.29, 0.717) is 12.3 Å². The van der Waals surface area contributed by atoms with Gasteiger partial charge in [0.05, 0.1) is 23.8 Å². The molecule has 0 aromatic carbocycles. The first-order chi connectivity index (χ1) is 10.7. The third kappa shape index (κ3) is 2.28. The number of nitrogens with zero attached hydrogens (tertiary/aromatic N) is 5. The number of nitrogen functional groups attached to an aromatic ring is 1. The van der Waals surface area contributed by atoms with Crippen LogP contribution in [0.4, 0.5) is 11.8 Å². The number of aromatic nitrogens is 4. The molecule has 118 valence electrons. The van der Waals surface area contributed by atoms with Crippen molar-refractivity contribution in [3.63, 3.8) is 0 Å². The van der Waals surface area contributed by atoms with E-state index >= 15 is 0 Å². The van der Waals surface area contributed by atoms with Gasteiger partial charge in [-0.05, 0) is 19.9 Å². The standard InChI is InChI=1S/C14H21N7O/c1-20-4-2-14(3-5-20)9-21(6-7-22-14)12-10-8-16-19-11(10)17-13(15)18-12/h8H,2-7,9H2,1H3,(H3,15,16,17,18,19). The first-order valence-electron chi connectivity index (χ1n) is 7.69. The van der Waals surface area contributed by atoms with Crippen molar-refractivity contribution >= 4 is 22.8 Å². The maximum Gasteiger partial charge on any atom is 0.224 e. The van der Waals surface area contributed by atoms with Crippen LogP contribution in [-0.2, 0) is 4.74 Å². The lowest BCUT2D eigenvalue weighted by atomic mass is 9.89. The summed E-state index contributed by atoms with van der Waals surface area (Å²) in [5.41, 5.74) is 6.46. The van der Waals surface area contributed by atoms with Gasteiger partial charge in [-0.15, -0.1) is 0 Å². The second-order valence-corrected chi connectivity index (χ2v) is 6.29. The van der Waals surface area contributed by atoms with Gasteiger partial charge in [0, 0.05) is 26.2 Å². The Hall–Kier alpha value is -1.93. The molecule has 8 heteroatoms. The summed E-state index contributed by atoms with van der Waals surface area (Å²) in [5.74, 6) is 1.13. The molecule has 22 heavy (non-hydrogen) atoms. The number of piperidine rings is 1. The fraction of sp³-hybridized carbons (Fsp3) is 0.643. The van der Waals surface area contributed by atoms with Gasteiger partial charge in [0.1, 0.15) is 5.82 Å².